The van der Waals surface area contributed by atoms with Crippen molar-refractivity contribution < 1.29 is 13.6 Å². The first-order chi connectivity index (χ1) is 13.5. The number of amides is 1. The smallest absolute Gasteiger partial charge is 0.225 e. The first-order valence-corrected chi connectivity index (χ1v) is 9.99. The van der Waals surface area contributed by atoms with Crippen molar-refractivity contribution in [3.05, 3.63) is 58.7 Å². The Kier molecular flexibility index (Phi) is 5.49. The second kappa shape index (κ2) is 8.03. The summed E-state index contributed by atoms with van der Waals surface area (Å²) in [4.78, 5) is 21.1. The van der Waals surface area contributed by atoms with Crippen LogP contribution in [0, 0.1) is 17.6 Å². The Morgan fingerprint density at radius 1 is 1.07 bits per heavy atom. The molecule has 0 N–H and O–H groups in total. The largest absolute Gasteiger partial charge is 0.357 e. The third-order valence-corrected chi connectivity index (χ3v) is 6.10. The van der Waals surface area contributed by atoms with Crippen LogP contribution in [0.5, 0.6) is 0 Å². The lowest BCUT2D eigenvalue weighted by Gasteiger charge is -2.33. The zero-order valence-corrected chi connectivity index (χ0v) is 16.2. The highest BCUT2D eigenvalue weighted by molar-refractivity contribution is 6.30. The molecule has 1 aromatic carbocycles. The second-order valence-corrected chi connectivity index (χ2v) is 7.95. The molecule has 4 rings (SSSR count). The molecule has 148 valence electrons. The molecule has 0 aliphatic carbocycles. The fraction of sp³-hybridized carbons (Fsp3) is 0.429. The van der Waals surface area contributed by atoms with Gasteiger partial charge in [-0.3, -0.25) is 4.79 Å². The normalized spacial score (nSPS) is 20.6. The molecule has 1 amide bonds. The average Bonchev–Trinajstić information content (AvgIpc) is 3.20. The number of halogens is 3. The minimum absolute atomic E-state index is 0.00241. The van der Waals surface area contributed by atoms with Gasteiger partial charge in [0.2, 0.25) is 5.91 Å². The maximum Gasteiger partial charge on any atom is 0.225 e. The lowest BCUT2D eigenvalue weighted by molar-refractivity contribution is -0.135. The molecule has 2 aromatic rings. The van der Waals surface area contributed by atoms with E-state index in [1.165, 1.54) is 18.3 Å². The van der Waals surface area contributed by atoms with Gasteiger partial charge in [-0.1, -0.05) is 17.7 Å². The van der Waals surface area contributed by atoms with Gasteiger partial charge in [-0.2, -0.15) is 0 Å². The maximum atomic E-state index is 13.7. The van der Waals surface area contributed by atoms with Crippen LogP contribution in [0.1, 0.15) is 30.7 Å². The number of rotatable bonds is 3. The van der Waals surface area contributed by atoms with Gasteiger partial charge in [0, 0.05) is 38.0 Å². The highest BCUT2D eigenvalue weighted by Gasteiger charge is 2.33. The minimum atomic E-state index is -0.411. The molecule has 2 aliphatic heterocycles. The van der Waals surface area contributed by atoms with Gasteiger partial charge >= 0.3 is 0 Å². The fourth-order valence-electron chi connectivity index (χ4n) is 4.17. The molecule has 1 atom stereocenters. The molecule has 7 heteroatoms. The number of piperidine rings is 1. The van der Waals surface area contributed by atoms with Crippen LogP contribution in [0.3, 0.4) is 0 Å². The number of hydrogen-bond acceptors (Lipinski definition) is 3. The fourth-order valence-corrected chi connectivity index (χ4v) is 4.29. The van der Waals surface area contributed by atoms with Gasteiger partial charge in [-0.05, 0) is 49.1 Å². The first-order valence-electron chi connectivity index (χ1n) is 9.61. The standard InChI is InChI=1S/C21H22ClF2N3O/c22-18-3-1-15(11-19(18)24)16-7-10-27(13-16)21(28)14-5-8-26(9-6-14)20-4-2-17(23)12-25-20/h1-4,11-12,14,16H,5-10,13H2/t16-/m0/s1. The first kappa shape index (κ1) is 19.1. The minimum Gasteiger partial charge on any atom is -0.357 e. The Morgan fingerprint density at radius 3 is 2.54 bits per heavy atom. The zero-order chi connectivity index (χ0) is 19.7. The molecule has 0 bridgehead atoms. The summed E-state index contributed by atoms with van der Waals surface area (Å²) in [5, 5.41) is 0.122. The second-order valence-electron chi connectivity index (χ2n) is 7.54. The molecule has 2 saturated heterocycles. The molecular formula is C21H22ClF2N3O. The van der Waals surface area contributed by atoms with E-state index in [9.17, 15) is 13.6 Å². The number of aromatic nitrogens is 1. The molecule has 3 heterocycles. The number of hydrogen-bond donors (Lipinski definition) is 0. The highest BCUT2D eigenvalue weighted by atomic mass is 35.5. The SMILES string of the molecule is O=C(C1CCN(c2ccc(F)cn2)CC1)N1CC[C@H](c2ccc(Cl)c(F)c2)C1. The van der Waals surface area contributed by atoms with Crippen molar-refractivity contribution in [3.63, 3.8) is 0 Å². The summed E-state index contributed by atoms with van der Waals surface area (Å²) in [5.41, 5.74) is 0.898. The highest BCUT2D eigenvalue weighted by Crippen LogP contribution is 2.32. The summed E-state index contributed by atoms with van der Waals surface area (Å²) in [6.07, 6.45) is 3.57. The van der Waals surface area contributed by atoms with Crippen LogP contribution < -0.4 is 4.90 Å². The van der Waals surface area contributed by atoms with Crippen LogP contribution in [0.2, 0.25) is 5.02 Å². The lowest BCUT2D eigenvalue weighted by atomic mass is 9.95. The van der Waals surface area contributed by atoms with Crippen molar-refractivity contribution in [3.8, 4) is 0 Å². The number of benzene rings is 1. The average molecular weight is 406 g/mol. The summed E-state index contributed by atoms with van der Waals surface area (Å²) >= 11 is 5.77. The van der Waals surface area contributed by atoms with E-state index >= 15 is 0 Å². The Bertz CT molecular complexity index is 853. The Morgan fingerprint density at radius 2 is 1.86 bits per heavy atom. The van der Waals surface area contributed by atoms with Crippen LogP contribution in [0.25, 0.3) is 0 Å². The van der Waals surface area contributed by atoms with E-state index in [0.29, 0.717) is 13.1 Å². The monoisotopic (exact) mass is 405 g/mol. The number of pyridine rings is 1. The lowest BCUT2D eigenvalue weighted by Crippen LogP contribution is -2.42. The third-order valence-electron chi connectivity index (χ3n) is 5.79. The van der Waals surface area contributed by atoms with Crippen molar-refractivity contribution in [2.45, 2.75) is 25.2 Å². The molecule has 0 saturated carbocycles. The van der Waals surface area contributed by atoms with Gasteiger partial charge < -0.3 is 9.80 Å². The summed E-state index contributed by atoms with van der Waals surface area (Å²) < 4.78 is 26.8. The molecule has 0 spiro atoms. The summed E-state index contributed by atoms with van der Waals surface area (Å²) in [7, 11) is 0. The van der Waals surface area contributed by atoms with Crippen LogP contribution in [0.4, 0.5) is 14.6 Å². The van der Waals surface area contributed by atoms with E-state index in [0.717, 1.165) is 43.7 Å². The van der Waals surface area contributed by atoms with E-state index in [2.05, 4.69) is 9.88 Å². The van der Waals surface area contributed by atoms with Crippen LogP contribution in [-0.4, -0.2) is 42.0 Å². The molecule has 2 aliphatic rings. The van der Waals surface area contributed by atoms with Crippen LogP contribution in [-0.2, 0) is 4.79 Å². The van der Waals surface area contributed by atoms with Crippen molar-refractivity contribution in [1.29, 1.82) is 0 Å². The van der Waals surface area contributed by atoms with Crippen molar-refractivity contribution in [1.82, 2.24) is 9.88 Å². The van der Waals surface area contributed by atoms with Crippen molar-refractivity contribution in [2.75, 3.05) is 31.1 Å². The Balaban J connectivity index is 1.33. The molecule has 4 nitrogen and oxygen atoms in total. The van der Waals surface area contributed by atoms with Gasteiger partial charge in [-0.15, -0.1) is 0 Å². The summed E-state index contributed by atoms with van der Waals surface area (Å²) in [5.74, 6) is 0.322. The molecular weight excluding hydrogens is 384 g/mol. The number of carbonyl (C=O) groups excluding carboxylic acids is 1. The topological polar surface area (TPSA) is 36.4 Å². The summed E-state index contributed by atoms with van der Waals surface area (Å²) in [6, 6.07) is 7.99. The third kappa shape index (κ3) is 3.97. The van der Waals surface area contributed by atoms with E-state index in [1.54, 1.807) is 12.1 Å². The molecule has 0 unspecified atom stereocenters. The Hall–Kier alpha value is -2.21. The number of carbonyl (C=O) groups is 1. The van der Waals surface area contributed by atoms with Crippen molar-refractivity contribution >= 4 is 23.3 Å². The van der Waals surface area contributed by atoms with E-state index in [1.807, 2.05) is 11.0 Å². The molecule has 1 aromatic heterocycles. The number of anilines is 1. The van der Waals surface area contributed by atoms with Crippen LogP contribution in [0.15, 0.2) is 36.5 Å². The molecule has 0 radical (unpaired) electrons. The quantitative estimate of drug-likeness (QED) is 0.766. The van der Waals surface area contributed by atoms with E-state index in [-0.39, 0.29) is 28.6 Å². The van der Waals surface area contributed by atoms with Gasteiger partial charge in [-0.25, -0.2) is 13.8 Å². The predicted molar refractivity (Wildman–Crippen MR) is 104 cm³/mol. The van der Waals surface area contributed by atoms with E-state index < -0.39 is 5.82 Å². The maximum absolute atomic E-state index is 13.7. The predicted octanol–water partition coefficient (Wildman–Crippen LogP) is 4.25. The van der Waals surface area contributed by atoms with Gasteiger partial charge in [0.15, 0.2) is 0 Å². The molecule has 2 fully saturated rings. The number of nitrogens with zero attached hydrogens (tertiary/aromatic N) is 3. The van der Waals surface area contributed by atoms with Crippen LogP contribution >= 0.6 is 11.6 Å². The van der Waals surface area contributed by atoms with Gasteiger partial charge in [0.25, 0.3) is 0 Å². The molecule has 28 heavy (non-hydrogen) atoms. The summed E-state index contributed by atoms with van der Waals surface area (Å²) in [6.45, 7) is 2.79. The number of likely N-dealkylation sites (tertiary alicyclic amines) is 1. The van der Waals surface area contributed by atoms with E-state index in [4.69, 9.17) is 11.6 Å². The van der Waals surface area contributed by atoms with Gasteiger partial charge in [0.1, 0.15) is 17.5 Å². The Labute approximate surface area is 168 Å². The van der Waals surface area contributed by atoms with Crippen molar-refractivity contribution in [2.24, 2.45) is 5.92 Å². The zero-order valence-electron chi connectivity index (χ0n) is 15.5. The van der Waals surface area contributed by atoms with Gasteiger partial charge in [0.05, 0.1) is 11.2 Å².